The van der Waals surface area contributed by atoms with Crippen molar-refractivity contribution < 1.29 is 24.3 Å². The molecular weight excluding hydrogens is 336 g/mol. The second kappa shape index (κ2) is 7.26. The lowest BCUT2D eigenvalue weighted by Crippen LogP contribution is -2.05. The first-order chi connectivity index (χ1) is 12.4. The van der Waals surface area contributed by atoms with Crippen molar-refractivity contribution in [3.8, 4) is 22.9 Å². The number of carbonyl (C=O) groups is 1. The van der Waals surface area contributed by atoms with Crippen molar-refractivity contribution in [1.29, 1.82) is 0 Å². The van der Waals surface area contributed by atoms with Crippen LogP contribution in [0.25, 0.3) is 11.4 Å². The smallest absolute Gasteiger partial charge is 0.342 e. The minimum Gasteiger partial charge on any atom is -0.508 e. The van der Waals surface area contributed by atoms with E-state index in [0.29, 0.717) is 11.7 Å². The SMILES string of the molecule is CC(C)c1ccc(-c2noc(COC(=O)c3ccc(O)cc3O)n2)cc1. The summed E-state index contributed by atoms with van der Waals surface area (Å²) in [6.45, 7) is 4.00. The maximum absolute atomic E-state index is 12.0. The van der Waals surface area contributed by atoms with Crippen molar-refractivity contribution >= 4 is 5.97 Å². The molecule has 0 fully saturated rings. The van der Waals surface area contributed by atoms with Gasteiger partial charge in [0.2, 0.25) is 5.82 Å². The third-order valence-corrected chi connectivity index (χ3v) is 3.83. The number of aromatic nitrogens is 2. The molecule has 0 saturated heterocycles. The van der Waals surface area contributed by atoms with Crippen LogP contribution in [0, 0.1) is 0 Å². The Bertz CT molecular complexity index is 916. The lowest BCUT2D eigenvalue weighted by molar-refractivity contribution is 0.0426. The third kappa shape index (κ3) is 3.83. The van der Waals surface area contributed by atoms with Gasteiger partial charge in [-0.2, -0.15) is 4.98 Å². The van der Waals surface area contributed by atoms with Crippen molar-refractivity contribution in [1.82, 2.24) is 10.1 Å². The molecular formula is C19H18N2O5. The van der Waals surface area contributed by atoms with Gasteiger partial charge in [-0.25, -0.2) is 4.79 Å². The highest BCUT2D eigenvalue weighted by Crippen LogP contribution is 2.24. The fraction of sp³-hybridized carbons (Fsp3) is 0.211. The lowest BCUT2D eigenvalue weighted by Gasteiger charge is -2.04. The fourth-order valence-electron chi connectivity index (χ4n) is 2.35. The van der Waals surface area contributed by atoms with Gasteiger partial charge in [-0.05, 0) is 23.6 Å². The largest absolute Gasteiger partial charge is 0.508 e. The van der Waals surface area contributed by atoms with Gasteiger partial charge >= 0.3 is 5.97 Å². The first kappa shape index (κ1) is 17.5. The molecule has 0 aliphatic heterocycles. The van der Waals surface area contributed by atoms with Gasteiger partial charge in [0.15, 0.2) is 6.61 Å². The maximum Gasteiger partial charge on any atom is 0.342 e. The van der Waals surface area contributed by atoms with Gasteiger partial charge in [0, 0.05) is 11.6 Å². The predicted molar refractivity (Wildman–Crippen MR) is 92.7 cm³/mol. The average Bonchev–Trinajstić information content (AvgIpc) is 3.09. The van der Waals surface area contributed by atoms with Gasteiger partial charge in [-0.1, -0.05) is 43.3 Å². The van der Waals surface area contributed by atoms with Crippen molar-refractivity contribution in [2.45, 2.75) is 26.4 Å². The van der Waals surface area contributed by atoms with Gasteiger partial charge < -0.3 is 19.5 Å². The summed E-state index contributed by atoms with van der Waals surface area (Å²) in [6.07, 6.45) is 0. The second-order valence-corrected chi connectivity index (χ2v) is 6.07. The molecule has 1 aromatic heterocycles. The number of carbonyl (C=O) groups excluding carboxylic acids is 1. The third-order valence-electron chi connectivity index (χ3n) is 3.83. The van der Waals surface area contributed by atoms with Crippen LogP contribution in [0.3, 0.4) is 0 Å². The van der Waals surface area contributed by atoms with Crippen LogP contribution in [-0.2, 0) is 11.3 Å². The van der Waals surface area contributed by atoms with Crippen LogP contribution in [0.5, 0.6) is 11.5 Å². The Morgan fingerprint density at radius 1 is 1.15 bits per heavy atom. The number of benzene rings is 2. The highest BCUT2D eigenvalue weighted by molar-refractivity contribution is 5.92. The number of hydrogen-bond acceptors (Lipinski definition) is 7. The second-order valence-electron chi connectivity index (χ2n) is 6.07. The number of esters is 1. The first-order valence-corrected chi connectivity index (χ1v) is 8.06. The van der Waals surface area contributed by atoms with Crippen molar-refractivity contribution in [2.24, 2.45) is 0 Å². The van der Waals surface area contributed by atoms with Gasteiger partial charge in [-0.3, -0.25) is 0 Å². The van der Waals surface area contributed by atoms with Gasteiger partial charge in [0.1, 0.15) is 17.1 Å². The summed E-state index contributed by atoms with van der Waals surface area (Å²) in [7, 11) is 0. The Hall–Kier alpha value is -3.35. The van der Waals surface area contributed by atoms with E-state index in [1.165, 1.54) is 17.7 Å². The van der Waals surface area contributed by atoms with E-state index in [2.05, 4.69) is 24.0 Å². The summed E-state index contributed by atoms with van der Waals surface area (Å²) in [5.41, 5.74) is 1.94. The lowest BCUT2D eigenvalue weighted by atomic mass is 10.0. The number of phenols is 2. The minimum absolute atomic E-state index is 0.0631. The Morgan fingerprint density at radius 3 is 2.54 bits per heavy atom. The van der Waals surface area contributed by atoms with E-state index in [9.17, 15) is 15.0 Å². The van der Waals surface area contributed by atoms with E-state index < -0.39 is 5.97 Å². The average molecular weight is 354 g/mol. The number of phenolic OH excluding ortho intramolecular Hbond substituents is 2. The zero-order valence-electron chi connectivity index (χ0n) is 14.3. The Labute approximate surface area is 149 Å². The topological polar surface area (TPSA) is 106 Å². The van der Waals surface area contributed by atoms with Crippen molar-refractivity contribution in [3.63, 3.8) is 0 Å². The molecule has 2 aromatic carbocycles. The summed E-state index contributed by atoms with van der Waals surface area (Å²) >= 11 is 0. The van der Waals surface area contributed by atoms with Gasteiger partial charge in [-0.15, -0.1) is 0 Å². The molecule has 0 radical (unpaired) electrons. The summed E-state index contributed by atoms with van der Waals surface area (Å²) in [4.78, 5) is 16.2. The summed E-state index contributed by atoms with van der Waals surface area (Å²) in [5, 5.41) is 22.8. The molecule has 0 saturated carbocycles. The van der Waals surface area contributed by atoms with Gasteiger partial charge in [0.05, 0.1) is 0 Å². The fourth-order valence-corrected chi connectivity index (χ4v) is 2.35. The number of ether oxygens (including phenoxy) is 1. The summed E-state index contributed by atoms with van der Waals surface area (Å²) in [6, 6.07) is 11.4. The quantitative estimate of drug-likeness (QED) is 0.674. The van der Waals surface area contributed by atoms with E-state index in [1.807, 2.05) is 24.3 Å². The molecule has 3 aromatic rings. The van der Waals surface area contributed by atoms with Crippen molar-refractivity contribution in [3.05, 3.63) is 59.5 Å². The number of aromatic hydroxyl groups is 2. The Kier molecular flexibility index (Phi) is 4.88. The molecule has 3 rings (SSSR count). The maximum atomic E-state index is 12.0. The Balaban J connectivity index is 1.66. The highest BCUT2D eigenvalue weighted by atomic mass is 16.6. The zero-order valence-corrected chi connectivity index (χ0v) is 14.3. The molecule has 0 spiro atoms. The number of nitrogens with zero attached hydrogens (tertiary/aromatic N) is 2. The highest BCUT2D eigenvalue weighted by Gasteiger charge is 2.16. The monoisotopic (exact) mass is 354 g/mol. The number of hydrogen-bond donors (Lipinski definition) is 2. The molecule has 0 unspecified atom stereocenters. The van der Waals surface area contributed by atoms with Crippen LogP contribution in [0.4, 0.5) is 0 Å². The van der Waals surface area contributed by atoms with Gasteiger partial charge in [0.25, 0.3) is 5.89 Å². The molecule has 2 N–H and O–H groups in total. The van der Waals surface area contributed by atoms with E-state index in [-0.39, 0.29) is 29.6 Å². The van der Waals surface area contributed by atoms with E-state index in [1.54, 1.807) is 0 Å². The normalized spacial score (nSPS) is 10.9. The molecule has 7 nitrogen and oxygen atoms in total. The zero-order chi connectivity index (χ0) is 18.7. The minimum atomic E-state index is -0.761. The molecule has 0 atom stereocenters. The molecule has 0 aliphatic carbocycles. The van der Waals surface area contributed by atoms with E-state index >= 15 is 0 Å². The molecule has 0 aliphatic rings. The van der Waals surface area contributed by atoms with Crippen LogP contribution >= 0.6 is 0 Å². The van der Waals surface area contributed by atoms with E-state index in [4.69, 9.17) is 9.26 Å². The molecule has 7 heteroatoms. The molecule has 0 amide bonds. The molecule has 0 bridgehead atoms. The Morgan fingerprint density at radius 2 is 1.88 bits per heavy atom. The first-order valence-electron chi connectivity index (χ1n) is 8.06. The summed E-state index contributed by atoms with van der Waals surface area (Å²) < 4.78 is 10.1. The van der Waals surface area contributed by atoms with Crippen LogP contribution in [0.1, 0.15) is 41.6 Å². The molecule has 1 heterocycles. The standard InChI is InChI=1S/C19H18N2O5/c1-11(2)12-3-5-13(6-4-12)18-20-17(26-21-18)10-25-19(24)15-8-7-14(22)9-16(15)23/h3-9,11,22-23H,10H2,1-2H3. The van der Waals surface area contributed by atoms with Crippen LogP contribution < -0.4 is 0 Å². The molecule has 26 heavy (non-hydrogen) atoms. The summed E-state index contributed by atoms with van der Waals surface area (Å²) in [5.74, 6) is -0.307. The van der Waals surface area contributed by atoms with Crippen LogP contribution in [0.2, 0.25) is 0 Å². The van der Waals surface area contributed by atoms with E-state index in [0.717, 1.165) is 11.6 Å². The van der Waals surface area contributed by atoms with Crippen LogP contribution in [-0.4, -0.2) is 26.3 Å². The number of rotatable bonds is 5. The van der Waals surface area contributed by atoms with Crippen LogP contribution in [0.15, 0.2) is 47.0 Å². The van der Waals surface area contributed by atoms with Crippen molar-refractivity contribution in [2.75, 3.05) is 0 Å². The predicted octanol–water partition coefficient (Wildman–Crippen LogP) is 3.63. The molecule has 134 valence electrons.